The maximum atomic E-state index is 14.9. The van der Waals surface area contributed by atoms with Gasteiger partial charge in [0.25, 0.3) is 0 Å². The van der Waals surface area contributed by atoms with E-state index in [-0.39, 0.29) is 112 Å². The quantitative estimate of drug-likeness (QED) is 0.00783. The van der Waals surface area contributed by atoms with Crippen molar-refractivity contribution in [3.63, 3.8) is 0 Å². The number of nitrogens with one attached hydrogen (secondary N) is 8. The first-order valence-electron chi connectivity index (χ1n) is 48.8. The van der Waals surface area contributed by atoms with Crippen molar-refractivity contribution >= 4 is 76.1 Å². The molecular weight excluding hydrogens is 1710 g/mol. The van der Waals surface area contributed by atoms with E-state index in [1.54, 1.807) is 26.0 Å². The van der Waals surface area contributed by atoms with Crippen LogP contribution in [0.4, 0.5) is 5.69 Å². The molecule has 744 valence electrons. The Balaban J connectivity index is 0.778. The summed E-state index contributed by atoms with van der Waals surface area (Å²) in [5, 5.41) is 47.8. The van der Waals surface area contributed by atoms with Crippen LogP contribution < -0.4 is 48.4 Å². The molecule has 6 aliphatic rings. The first-order valence-corrected chi connectivity index (χ1v) is 48.8. The summed E-state index contributed by atoms with van der Waals surface area (Å²) >= 11 is 0. The molecule has 0 saturated heterocycles. The molecule has 6 aliphatic carbocycles. The van der Waals surface area contributed by atoms with Crippen molar-refractivity contribution in [1.29, 1.82) is 0 Å². The lowest BCUT2D eigenvalue weighted by Gasteiger charge is -2.56. The van der Waals surface area contributed by atoms with Crippen LogP contribution in [0.2, 0.25) is 0 Å². The Morgan fingerprint density at radius 1 is 0.526 bits per heavy atom. The number of benzene rings is 2. The van der Waals surface area contributed by atoms with E-state index in [0.717, 1.165) is 111 Å². The SMILES string of the molecule is CC(C)[C@H](NC(=O)[C@@H](CCCCNC(=O)COC1CCCCCC(=NCCOCCOCCOCCOCCC(=O)NCC[N+](C)(C)C)C1=NN)NC(=O)CCOCCOCCOCCOCCCC(=O)COC1C#CCCCCC1)C(=O)N[C@@H](C)C(=O)N[C@@H](CO)C(=O)Nc1ccc2c(c1)[C@@]1(C)CCC[C@](C)(C(=O)NC(=O)[C@@]3(C)CCC[C@]4(C)c5cc(O)ccc5CC[C@@H]34)[C@@H]1CC2. The summed E-state index contributed by atoms with van der Waals surface area (Å²) in [5.41, 5.74) is 3.27. The van der Waals surface area contributed by atoms with E-state index in [1.165, 1.54) is 12.5 Å². The number of imide groups is 1. The predicted octanol–water partition coefficient (Wildman–Crippen LogP) is 7.13. The first kappa shape index (κ1) is 110. The molecule has 34 nitrogen and oxygen atoms in total. The van der Waals surface area contributed by atoms with Crippen molar-refractivity contribution < 1.29 is 110 Å². The average Bonchev–Trinajstić information content (AvgIpc) is 0.656. The van der Waals surface area contributed by atoms with E-state index in [0.29, 0.717) is 187 Å². The number of likely N-dealkylation sites (N-methyl/N-ethyl adjacent to an activating group) is 1. The van der Waals surface area contributed by atoms with Crippen LogP contribution in [0.3, 0.4) is 0 Å². The Morgan fingerprint density at radius 3 is 1.69 bits per heavy atom. The molecule has 3 fully saturated rings. The number of carbonyl (C=O) groups is 10. The number of phenolic OH excluding ortho intramolecular Hbond substituents is 1. The summed E-state index contributed by atoms with van der Waals surface area (Å²) in [7, 11) is 6.22. The minimum Gasteiger partial charge on any atom is -0.508 e. The fraction of sp³-hybridized carbons (Fsp3) is 0.737. The zero-order valence-electron chi connectivity index (χ0n) is 81.0. The molecule has 34 heteroatoms. The van der Waals surface area contributed by atoms with Gasteiger partial charge in [0.2, 0.25) is 53.2 Å². The molecule has 2 aromatic carbocycles. The van der Waals surface area contributed by atoms with Crippen molar-refractivity contribution in [2.24, 2.45) is 44.5 Å². The number of aliphatic hydroxyl groups is 1. The maximum Gasteiger partial charge on any atom is 0.249 e. The third-order valence-corrected chi connectivity index (χ3v) is 27.0. The highest BCUT2D eigenvalue weighted by atomic mass is 16.6. The molecule has 8 rings (SSSR count). The van der Waals surface area contributed by atoms with E-state index in [9.17, 15) is 58.2 Å². The number of nitrogens with two attached hydrogens (primary N) is 1. The number of rotatable bonds is 58. The van der Waals surface area contributed by atoms with Gasteiger partial charge in [-0.3, -0.25) is 58.3 Å². The lowest BCUT2D eigenvalue weighted by molar-refractivity contribution is -0.869. The second kappa shape index (κ2) is 56.9. The number of fused-ring (bicyclic) bond motifs is 6. The predicted molar refractivity (Wildman–Crippen MR) is 504 cm³/mol. The third kappa shape index (κ3) is 35.6. The number of nitrogens with zero attached hydrogens (tertiary/aromatic N) is 3. The number of Topliss-reactive ketones (excluding diaryl/α,β-unsaturated/α-hetero) is 1. The smallest absolute Gasteiger partial charge is 0.249 e. The standard InChI is InChI=1S/C99H156N12O22/c1-69(2)88(93(121)104-70(3)90(118)107-81(66-112)92(120)105-73-34-30-71-32-36-83-96(4,77(71)64-73)40-22-42-98(83,6)94(122)109-95(123)99(7)43-23-41-97(5)78-65-74(113)35-31-72(78)33-37-84(97)99)108-91(119)80(106-86(116)39-50-126-54-58-130-61-60-128-56-52-124-48-21-24-75(114)67-132-76-25-15-12-11-13-16-26-76)28-19-20-44-102-87(117)68-133-82-29-18-14-17-27-79(89(82)110-100)101-46-51-127-55-59-131-63-62-129-57-53-125-49-38-85(115)103-45-47-111(8,9)10/h30-31,34-35,64-65,69-70,76,80-84,88,112H,11-15,17-25,27-29,32-33,36-63,66-68H2,1-10H3,(H10-,100,101,102,103,104,105,106,107,108,109,113,115,116,117,118,119,120,121,122,123)/p+1/t70-,76?,80+,81-,82?,83+,84+,88-,96+,97+,98-,99-/m0/s1. The number of amides is 9. The summed E-state index contributed by atoms with van der Waals surface area (Å²) in [5.74, 6) is 7.26. The maximum absolute atomic E-state index is 14.9. The van der Waals surface area contributed by atoms with Gasteiger partial charge in [-0.15, -0.1) is 5.92 Å². The number of anilines is 1. The molecule has 0 aromatic heterocycles. The van der Waals surface area contributed by atoms with Crippen molar-refractivity contribution in [3.05, 3.63) is 58.7 Å². The van der Waals surface area contributed by atoms with Crippen molar-refractivity contribution in [2.45, 2.75) is 269 Å². The molecule has 0 aliphatic heterocycles. The van der Waals surface area contributed by atoms with Gasteiger partial charge in [0, 0.05) is 44.5 Å². The molecule has 0 spiro atoms. The largest absolute Gasteiger partial charge is 0.508 e. The van der Waals surface area contributed by atoms with E-state index in [4.69, 9.17) is 58.2 Å². The van der Waals surface area contributed by atoms with Gasteiger partial charge in [-0.25, -0.2) is 0 Å². The van der Waals surface area contributed by atoms with Crippen LogP contribution in [0.5, 0.6) is 5.75 Å². The van der Waals surface area contributed by atoms with Crippen LogP contribution in [0.1, 0.15) is 231 Å². The highest BCUT2D eigenvalue weighted by Crippen LogP contribution is 2.60. The van der Waals surface area contributed by atoms with E-state index in [1.807, 2.05) is 38.1 Å². The number of unbranched alkanes of at least 4 members (excludes halogenated alkanes) is 1. The van der Waals surface area contributed by atoms with Gasteiger partial charge < -0.3 is 105 Å². The van der Waals surface area contributed by atoms with E-state index < -0.39 is 94.5 Å². The van der Waals surface area contributed by atoms with Crippen LogP contribution in [0, 0.1) is 40.4 Å². The topological polar surface area (TPSA) is 450 Å². The van der Waals surface area contributed by atoms with Crippen molar-refractivity contribution in [3.8, 4) is 17.6 Å². The molecule has 2 aromatic rings. The van der Waals surface area contributed by atoms with Gasteiger partial charge in [0.1, 0.15) is 61.1 Å². The Kier molecular flexibility index (Phi) is 47.0. The van der Waals surface area contributed by atoms with Gasteiger partial charge in [0.15, 0.2) is 5.78 Å². The summed E-state index contributed by atoms with van der Waals surface area (Å²) in [6.07, 6.45) is 17.2. The fourth-order valence-electron chi connectivity index (χ4n) is 19.4. The number of hydrazone groups is 1. The minimum atomic E-state index is -1.47. The highest BCUT2D eigenvalue weighted by Gasteiger charge is 2.59. The molecule has 9 amide bonds. The first-order chi connectivity index (χ1) is 63.8. The monoisotopic (exact) mass is 1870 g/mol. The zero-order valence-corrected chi connectivity index (χ0v) is 81.0. The van der Waals surface area contributed by atoms with Gasteiger partial charge in [-0.05, 0) is 198 Å². The van der Waals surface area contributed by atoms with Crippen LogP contribution >= 0.6 is 0 Å². The highest BCUT2D eigenvalue weighted by molar-refractivity contribution is 6.44. The Morgan fingerprint density at radius 2 is 1.09 bits per heavy atom. The second-order valence-corrected chi connectivity index (χ2v) is 38.6. The molecule has 0 radical (unpaired) electrons. The number of aliphatic hydroxyl groups excluding tert-OH is 1. The lowest BCUT2D eigenvalue weighted by Crippen LogP contribution is -2.60. The number of hydrogen-bond acceptors (Lipinski definition) is 25. The fourth-order valence-corrected chi connectivity index (χ4v) is 19.4. The molecular formula is C99H157N12O22+. The van der Waals surface area contributed by atoms with Crippen molar-refractivity contribution in [2.75, 3.05) is 178 Å². The number of quaternary nitrogens is 1. The minimum absolute atomic E-state index is 0.0104. The third-order valence-electron chi connectivity index (χ3n) is 27.0. The normalized spacial score (nSPS) is 23.3. The van der Waals surface area contributed by atoms with Crippen LogP contribution in [-0.4, -0.2) is 294 Å². The van der Waals surface area contributed by atoms with E-state index in [2.05, 4.69) is 94.5 Å². The van der Waals surface area contributed by atoms with Crippen LogP contribution in [0.15, 0.2) is 46.5 Å². The number of ether oxygens (including phenoxy) is 10. The second-order valence-electron chi connectivity index (χ2n) is 38.6. The number of ketones is 1. The number of phenols is 1. The van der Waals surface area contributed by atoms with Crippen LogP contribution in [0.25, 0.3) is 0 Å². The Hall–Kier alpha value is -8.44. The summed E-state index contributed by atoms with van der Waals surface area (Å²) in [4.78, 5) is 143. The van der Waals surface area contributed by atoms with Gasteiger partial charge in [-0.1, -0.05) is 91.7 Å². The van der Waals surface area contributed by atoms with Gasteiger partial charge >= 0.3 is 0 Å². The molecule has 133 heavy (non-hydrogen) atoms. The molecule has 12 N–H and O–H groups in total. The zero-order chi connectivity index (χ0) is 96.2. The average molecular weight is 1870 g/mol. The number of aryl methyl sites for hydroxylation is 2. The number of aromatic hydroxyl groups is 1. The number of hydrogen-bond donors (Lipinski definition) is 11. The molecule has 0 heterocycles. The summed E-state index contributed by atoms with van der Waals surface area (Å²) in [6.45, 7) is 19.1. The molecule has 2 unspecified atom stereocenters. The van der Waals surface area contributed by atoms with Crippen LogP contribution in [-0.2, 0) is 119 Å². The molecule has 12 atom stereocenters. The number of aliphatic imine (C=N–C) groups is 1. The summed E-state index contributed by atoms with van der Waals surface area (Å²) < 4.78 is 57.8. The van der Waals surface area contributed by atoms with Gasteiger partial charge in [-0.2, -0.15) is 5.10 Å². The molecule has 3 saturated carbocycles. The van der Waals surface area contributed by atoms with Crippen molar-refractivity contribution in [1.82, 2.24) is 37.2 Å². The van der Waals surface area contributed by atoms with E-state index >= 15 is 0 Å². The molecule has 0 bridgehead atoms. The Labute approximate surface area is 787 Å². The number of carbonyl (C=O) groups excluding carboxylic acids is 10. The Bertz CT molecular complexity index is 4190. The van der Waals surface area contributed by atoms with Gasteiger partial charge in [0.05, 0.1) is 163 Å². The lowest BCUT2D eigenvalue weighted by atomic mass is 9.49. The summed E-state index contributed by atoms with van der Waals surface area (Å²) in [6, 6.07) is 6.04.